The first-order valence-electron chi connectivity index (χ1n) is 8.16. The van der Waals surface area contributed by atoms with Gasteiger partial charge in [-0.15, -0.1) is 0 Å². The van der Waals surface area contributed by atoms with Crippen molar-refractivity contribution in [3.05, 3.63) is 35.4 Å². The van der Waals surface area contributed by atoms with Crippen molar-refractivity contribution in [2.75, 3.05) is 13.1 Å². The van der Waals surface area contributed by atoms with Gasteiger partial charge in [0.1, 0.15) is 5.60 Å². The number of benzene rings is 1. The number of amides is 1. The molecule has 0 radical (unpaired) electrons. The molecule has 24 heavy (non-hydrogen) atoms. The largest absolute Gasteiger partial charge is 0.478 e. The summed E-state index contributed by atoms with van der Waals surface area (Å²) in [6.45, 7) is 6.45. The van der Waals surface area contributed by atoms with Gasteiger partial charge in [0.15, 0.2) is 0 Å². The van der Waals surface area contributed by atoms with Crippen molar-refractivity contribution >= 4 is 12.1 Å². The maximum absolute atomic E-state index is 12.2. The number of carboxylic acids is 1. The summed E-state index contributed by atoms with van der Waals surface area (Å²) in [6, 6.07) is 6.31. The summed E-state index contributed by atoms with van der Waals surface area (Å²) in [5.74, 6) is -1.17. The summed E-state index contributed by atoms with van der Waals surface area (Å²) in [4.78, 5) is 24.9. The van der Waals surface area contributed by atoms with E-state index in [1.807, 2.05) is 20.8 Å². The van der Waals surface area contributed by atoms with Crippen molar-refractivity contribution in [1.82, 2.24) is 4.90 Å². The molecule has 0 aliphatic carbocycles. The molecule has 0 spiro atoms. The van der Waals surface area contributed by atoms with Crippen LogP contribution < -0.4 is 0 Å². The Kier molecular flexibility index (Phi) is 5.49. The Morgan fingerprint density at radius 3 is 2.67 bits per heavy atom. The number of aliphatic hydroxyl groups excluding tert-OH is 1. The van der Waals surface area contributed by atoms with Gasteiger partial charge < -0.3 is 19.8 Å². The fraction of sp³-hybridized carbons (Fsp3) is 0.556. The van der Waals surface area contributed by atoms with Gasteiger partial charge in [0, 0.05) is 19.0 Å². The quantitative estimate of drug-likeness (QED) is 0.886. The number of carboxylic acid groups (broad SMARTS) is 1. The van der Waals surface area contributed by atoms with Crippen LogP contribution in [0.25, 0.3) is 0 Å². The van der Waals surface area contributed by atoms with E-state index >= 15 is 0 Å². The van der Waals surface area contributed by atoms with Gasteiger partial charge in [-0.3, -0.25) is 0 Å². The van der Waals surface area contributed by atoms with Gasteiger partial charge in [-0.2, -0.15) is 0 Å². The third-order valence-electron chi connectivity index (χ3n) is 4.03. The van der Waals surface area contributed by atoms with E-state index < -0.39 is 17.7 Å². The average molecular weight is 335 g/mol. The zero-order chi connectivity index (χ0) is 17.9. The Hall–Kier alpha value is -2.08. The van der Waals surface area contributed by atoms with E-state index in [4.69, 9.17) is 9.84 Å². The van der Waals surface area contributed by atoms with Crippen LogP contribution >= 0.6 is 0 Å². The van der Waals surface area contributed by atoms with Crippen molar-refractivity contribution < 1.29 is 24.5 Å². The highest BCUT2D eigenvalue weighted by atomic mass is 16.6. The molecule has 1 aliphatic heterocycles. The second-order valence-electron chi connectivity index (χ2n) is 7.20. The second-order valence-corrected chi connectivity index (χ2v) is 7.20. The van der Waals surface area contributed by atoms with Crippen LogP contribution in [0.3, 0.4) is 0 Å². The topological polar surface area (TPSA) is 87.1 Å². The smallest absolute Gasteiger partial charge is 0.410 e. The lowest BCUT2D eigenvalue weighted by Gasteiger charge is -2.36. The van der Waals surface area contributed by atoms with E-state index in [1.165, 1.54) is 12.1 Å². The molecule has 6 nitrogen and oxygen atoms in total. The number of hydrogen-bond acceptors (Lipinski definition) is 4. The molecule has 1 saturated heterocycles. The lowest BCUT2D eigenvalue weighted by Crippen LogP contribution is -2.44. The monoisotopic (exact) mass is 335 g/mol. The second kappa shape index (κ2) is 7.21. The van der Waals surface area contributed by atoms with Gasteiger partial charge in [0.2, 0.25) is 0 Å². The molecule has 2 unspecified atom stereocenters. The minimum absolute atomic E-state index is 0.143. The third kappa shape index (κ3) is 4.71. The maximum Gasteiger partial charge on any atom is 0.410 e. The molecule has 2 atom stereocenters. The van der Waals surface area contributed by atoms with Crippen molar-refractivity contribution in [2.24, 2.45) is 5.92 Å². The molecule has 1 amide bonds. The van der Waals surface area contributed by atoms with E-state index in [9.17, 15) is 14.7 Å². The van der Waals surface area contributed by atoms with Gasteiger partial charge in [-0.05, 0) is 51.3 Å². The Balaban J connectivity index is 2.07. The Morgan fingerprint density at radius 2 is 2.04 bits per heavy atom. The number of hydrogen-bond donors (Lipinski definition) is 2. The van der Waals surface area contributed by atoms with E-state index in [0.29, 0.717) is 18.7 Å². The standard InChI is InChI=1S/C18H25NO5/c1-18(2,3)24-17(23)19-9-5-8-14(11-19)15(20)12-6-4-7-13(10-12)16(21)22/h4,6-7,10,14-15,20H,5,8-9,11H2,1-3H3,(H,21,22). The number of nitrogens with zero attached hydrogens (tertiary/aromatic N) is 1. The fourth-order valence-corrected chi connectivity index (χ4v) is 2.89. The summed E-state index contributed by atoms with van der Waals surface area (Å²) < 4.78 is 5.39. The molecule has 1 fully saturated rings. The van der Waals surface area contributed by atoms with Crippen LogP contribution in [0.1, 0.15) is 55.6 Å². The normalized spacial score (nSPS) is 19.7. The maximum atomic E-state index is 12.2. The molecular weight excluding hydrogens is 310 g/mol. The van der Waals surface area contributed by atoms with Crippen LogP contribution in [0.15, 0.2) is 24.3 Å². The molecule has 0 aromatic heterocycles. The number of piperidine rings is 1. The first-order valence-corrected chi connectivity index (χ1v) is 8.16. The number of carbonyl (C=O) groups excluding carboxylic acids is 1. The van der Waals surface area contributed by atoms with Crippen molar-refractivity contribution in [2.45, 2.75) is 45.3 Å². The molecule has 132 valence electrons. The number of aliphatic hydroxyl groups is 1. The highest BCUT2D eigenvalue weighted by molar-refractivity contribution is 5.87. The van der Waals surface area contributed by atoms with Crippen molar-refractivity contribution in [3.8, 4) is 0 Å². The molecule has 2 N–H and O–H groups in total. The zero-order valence-corrected chi connectivity index (χ0v) is 14.4. The van der Waals surface area contributed by atoms with E-state index in [-0.39, 0.29) is 17.6 Å². The molecular formula is C18H25NO5. The Labute approximate surface area is 142 Å². The van der Waals surface area contributed by atoms with Gasteiger partial charge in [-0.1, -0.05) is 12.1 Å². The lowest BCUT2D eigenvalue weighted by atomic mass is 9.88. The minimum Gasteiger partial charge on any atom is -0.478 e. The zero-order valence-electron chi connectivity index (χ0n) is 14.4. The number of ether oxygens (including phenoxy) is 1. The average Bonchev–Trinajstić information content (AvgIpc) is 2.53. The van der Waals surface area contributed by atoms with Gasteiger partial charge >= 0.3 is 12.1 Å². The summed E-state index contributed by atoms with van der Waals surface area (Å²) in [6.07, 6.45) is 0.366. The first kappa shape index (κ1) is 18.3. The van der Waals surface area contributed by atoms with Crippen LogP contribution in [0.5, 0.6) is 0 Å². The predicted octanol–water partition coefficient (Wildman–Crippen LogP) is 3.07. The fourth-order valence-electron chi connectivity index (χ4n) is 2.89. The summed E-state index contributed by atoms with van der Waals surface area (Å²) in [5.41, 5.74) is 0.149. The van der Waals surface area contributed by atoms with Crippen LogP contribution in [-0.2, 0) is 4.74 Å². The SMILES string of the molecule is CC(C)(C)OC(=O)N1CCCC(C(O)c2cccc(C(=O)O)c2)C1. The molecule has 0 bridgehead atoms. The van der Waals surface area contributed by atoms with Gasteiger partial charge in [0.25, 0.3) is 0 Å². The van der Waals surface area contributed by atoms with Crippen molar-refractivity contribution in [3.63, 3.8) is 0 Å². The molecule has 1 aliphatic rings. The number of likely N-dealkylation sites (tertiary alicyclic amines) is 1. The van der Waals surface area contributed by atoms with Gasteiger partial charge in [-0.25, -0.2) is 9.59 Å². The summed E-state index contributed by atoms with van der Waals surface area (Å²) >= 11 is 0. The lowest BCUT2D eigenvalue weighted by molar-refractivity contribution is 0.00239. The molecule has 1 aromatic rings. The highest BCUT2D eigenvalue weighted by Crippen LogP contribution is 2.30. The van der Waals surface area contributed by atoms with Crippen LogP contribution in [0.4, 0.5) is 4.79 Å². The predicted molar refractivity (Wildman–Crippen MR) is 88.9 cm³/mol. The number of aromatic carboxylic acids is 1. The van der Waals surface area contributed by atoms with E-state index in [1.54, 1.807) is 17.0 Å². The first-order chi connectivity index (χ1) is 11.2. The number of carbonyl (C=O) groups is 2. The highest BCUT2D eigenvalue weighted by Gasteiger charge is 2.31. The molecule has 1 heterocycles. The molecule has 0 saturated carbocycles. The third-order valence-corrected chi connectivity index (χ3v) is 4.03. The summed E-state index contributed by atoms with van der Waals surface area (Å²) in [5, 5.41) is 19.7. The van der Waals surface area contributed by atoms with Crippen LogP contribution in [0.2, 0.25) is 0 Å². The Bertz CT molecular complexity index is 608. The van der Waals surface area contributed by atoms with Gasteiger partial charge in [0.05, 0.1) is 11.7 Å². The molecule has 1 aromatic carbocycles. The Morgan fingerprint density at radius 1 is 1.33 bits per heavy atom. The molecule has 6 heteroatoms. The summed E-state index contributed by atoms with van der Waals surface area (Å²) in [7, 11) is 0. The van der Waals surface area contributed by atoms with Crippen LogP contribution in [0, 0.1) is 5.92 Å². The molecule has 2 rings (SSSR count). The van der Waals surface area contributed by atoms with Crippen molar-refractivity contribution in [1.29, 1.82) is 0 Å². The van der Waals surface area contributed by atoms with E-state index in [2.05, 4.69) is 0 Å². The van der Waals surface area contributed by atoms with Crippen LogP contribution in [-0.4, -0.2) is 45.9 Å². The number of rotatable bonds is 3. The minimum atomic E-state index is -1.02. The van der Waals surface area contributed by atoms with E-state index in [0.717, 1.165) is 12.8 Å².